The van der Waals surface area contributed by atoms with Crippen molar-refractivity contribution in [2.75, 3.05) is 16.8 Å². The van der Waals surface area contributed by atoms with Gasteiger partial charge in [0, 0.05) is 24.8 Å². The summed E-state index contributed by atoms with van der Waals surface area (Å²) in [6.07, 6.45) is 4.36. The molecule has 1 aromatic rings. The summed E-state index contributed by atoms with van der Waals surface area (Å²) in [5, 5.41) is 3.51. The minimum Gasteiger partial charge on any atom is -0.381 e. The summed E-state index contributed by atoms with van der Waals surface area (Å²) in [6.45, 7) is 2.72. The Labute approximate surface area is 100 Å². The second-order valence-corrected chi connectivity index (χ2v) is 5.30. The minimum atomic E-state index is 0.0762. The lowest BCUT2D eigenvalue weighted by Gasteiger charge is -2.23. The molecule has 0 spiro atoms. The molecule has 0 aliphatic carbocycles. The second-order valence-electron chi connectivity index (χ2n) is 4.07. The second kappa shape index (κ2) is 5.43. The van der Waals surface area contributed by atoms with E-state index in [9.17, 15) is 4.79 Å². The molecule has 1 aliphatic rings. The van der Waals surface area contributed by atoms with Crippen molar-refractivity contribution in [3.05, 3.63) is 28.7 Å². The summed E-state index contributed by atoms with van der Waals surface area (Å²) < 4.78 is 1.74. The van der Waals surface area contributed by atoms with E-state index in [1.807, 2.05) is 30.9 Å². The molecule has 1 fully saturated rings. The van der Waals surface area contributed by atoms with Crippen LogP contribution in [0.25, 0.3) is 0 Å². The fraction of sp³-hybridized carbons (Fsp3) is 0.583. The minimum absolute atomic E-state index is 0.0762. The average molecular weight is 238 g/mol. The van der Waals surface area contributed by atoms with Crippen molar-refractivity contribution in [2.24, 2.45) is 0 Å². The van der Waals surface area contributed by atoms with Gasteiger partial charge < -0.3 is 9.88 Å². The van der Waals surface area contributed by atoms with Crippen molar-refractivity contribution < 1.29 is 0 Å². The molecule has 0 saturated carbocycles. The standard InChI is InChI=1S/C12H18N2OS/c1-2-14-9-11(3-4-12(14)15)13-10-5-7-16-8-6-10/h3-4,9-10,13H,2,5-8H2,1H3. The van der Waals surface area contributed by atoms with E-state index < -0.39 is 0 Å². The Hall–Kier alpha value is -0.900. The summed E-state index contributed by atoms with van der Waals surface area (Å²) >= 11 is 2.02. The smallest absolute Gasteiger partial charge is 0.250 e. The topological polar surface area (TPSA) is 34.0 Å². The third-order valence-electron chi connectivity index (χ3n) is 2.92. The molecule has 1 aromatic heterocycles. The predicted molar refractivity (Wildman–Crippen MR) is 70.3 cm³/mol. The van der Waals surface area contributed by atoms with Gasteiger partial charge in [-0.25, -0.2) is 0 Å². The van der Waals surface area contributed by atoms with Crippen molar-refractivity contribution in [1.82, 2.24) is 4.57 Å². The van der Waals surface area contributed by atoms with Crippen LogP contribution in [0, 0.1) is 0 Å². The highest BCUT2D eigenvalue weighted by Crippen LogP contribution is 2.20. The molecule has 16 heavy (non-hydrogen) atoms. The zero-order chi connectivity index (χ0) is 11.4. The van der Waals surface area contributed by atoms with Crippen molar-refractivity contribution in [3.8, 4) is 0 Å². The molecular formula is C12H18N2OS. The van der Waals surface area contributed by atoms with Crippen LogP contribution in [-0.4, -0.2) is 22.1 Å². The van der Waals surface area contributed by atoms with Crippen LogP contribution in [0.4, 0.5) is 5.69 Å². The number of pyridine rings is 1. The zero-order valence-corrected chi connectivity index (χ0v) is 10.4. The highest BCUT2D eigenvalue weighted by molar-refractivity contribution is 7.99. The molecule has 0 bridgehead atoms. The lowest BCUT2D eigenvalue weighted by atomic mass is 10.1. The quantitative estimate of drug-likeness (QED) is 0.876. The molecule has 2 rings (SSSR count). The number of nitrogens with zero attached hydrogens (tertiary/aromatic N) is 1. The number of thioether (sulfide) groups is 1. The molecule has 1 N–H and O–H groups in total. The number of hydrogen-bond acceptors (Lipinski definition) is 3. The maximum atomic E-state index is 11.4. The summed E-state index contributed by atoms with van der Waals surface area (Å²) in [5.41, 5.74) is 1.14. The van der Waals surface area contributed by atoms with Crippen LogP contribution in [0.2, 0.25) is 0 Å². The maximum Gasteiger partial charge on any atom is 0.250 e. The Bertz CT molecular complexity index is 396. The molecule has 1 aliphatic heterocycles. The number of aryl methyl sites for hydroxylation is 1. The fourth-order valence-electron chi connectivity index (χ4n) is 1.94. The first-order chi connectivity index (χ1) is 7.79. The number of hydrogen-bond donors (Lipinski definition) is 1. The van der Waals surface area contributed by atoms with E-state index >= 15 is 0 Å². The third kappa shape index (κ3) is 2.82. The van der Waals surface area contributed by atoms with E-state index in [4.69, 9.17) is 0 Å². The van der Waals surface area contributed by atoms with Gasteiger partial charge in [-0.15, -0.1) is 0 Å². The molecule has 88 valence electrons. The van der Waals surface area contributed by atoms with Crippen molar-refractivity contribution in [3.63, 3.8) is 0 Å². The van der Waals surface area contributed by atoms with Crippen LogP contribution < -0.4 is 10.9 Å². The molecule has 0 atom stereocenters. The van der Waals surface area contributed by atoms with E-state index in [0.717, 1.165) is 12.2 Å². The summed E-state index contributed by atoms with van der Waals surface area (Å²) in [6, 6.07) is 4.10. The summed E-state index contributed by atoms with van der Waals surface area (Å²) in [4.78, 5) is 11.4. The van der Waals surface area contributed by atoms with E-state index in [0.29, 0.717) is 6.04 Å². The monoisotopic (exact) mass is 238 g/mol. The van der Waals surface area contributed by atoms with Gasteiger partial charge in [0.25, 0.3) is 5.56 Å². The van der Waals surface area contributed by atoms with Crippen molar-refractivity contribution in [2.45, 2.75) is 32.4 Å². The van der Waals surface area contributed by atoms with Crippen LogP contribution >= 0.6 is 11.8 Å². The van der Waals surface area contributed by atoms with Gasteiger partial charge in [-0.3, -0.25) is 4.79 Å². The van der Waals surface area contributed by atoms with E-state index in [1.54, 1.807) is 10.6 Å². The van der Waals surface area contributed by atoms with Gasteiger partial charge in [0.05, 0.1) is 5.69 Å². The van der Waals surface area contributed by atoms with Gasteiger partial charge in [0.1, 0.15) is 0 Å². The van der Waals surface area contributed by atoms with E-state index in [-0.39, 0.29) is 5.56 Å². The first-order valence-corrected chi connectivity index (χ1v) is 7.00. The number of rotatable bonds is 3. The molecule has 0 amide bonds. The van der Waals surface area contributed by atoms with Gasteiger partial charge in [-0.1, -0.05) is 0 Å². The normalized spacial score (nSPS) is 17.3. The third-order valence-corrected chi connectivity index (χ3v) is 3.97. The maximum absolute atomic E-state index is 11.4. The van der Waals surface area contributed by atoms with Crippen LogP contribution in [0.3, 0.4) is 0 Å². The van der Waals surface area contributed by atoms with Gasteiger partial charge in [0.15, 0.2) is 0 Å². The van der Waals surface area contributed by atoms with Gasteiger partial charge in [-0.05, 0) is 37.3 Å². The Balaban J connectivity index is 2.06. The largest absolute Gasteiger partial charge is 0.381 e. The van der Waals surface area contributed by atoms with Crippen LogP contribution in [0.5, 0.6) is 0 Å². The van der Waals surface area contributed by atoms with Gasteiger partial charge >= 0.3 is 0 Å². The number of aromatic nitrogens is 1. The Morgan fingerprint density at radius 3 is 2.88 bits per heavy atom. The number of anilines is 1. The lowest BCUT2D eigenvalue weighted by molar-refractivity contribution is 0.662. The van der Waals surface area contributed by atoms with Gasteiger partial charge in [-0.2, -0.15) is 11.8 Å². The first kappa shape index (κ1) is 11.6. The molecular weight excluding hydrogens is 220 g/mol. The van der Waals surface area contributed by atoms with E-state index in [2.05, 4.69) is 5.32 Å². The van der Waals surface area contributed by atoms with Crippen LogP contribution in [0.15, 0.2) is 23.1 Å². The predicted octanol–water partition coefficient (Wildman–Crippen LogP) is 2.18. The SMILES string of the molecule is CCn1cc(NC2CCSCC2)ccc1=O. The highest BCUT2D eigenvalue weighted by Gasteiger charge is 2.13. The number of nitrogens with one attached hydrogen (secondary N) is 1. The Kier molecular flexibility index (Phi) is 3.93. The van der Waals surface area contributed by atoms with Crippen LogP contribution in [0.1, 0.15) is 19.8 Å². The summed E-state index contributed by atoms with van der Waals surface area (Å²) in [5.74, 6) is 2.48. The Morgan fingerprint density at radius 1 is 1.44 bits per heavy atom. The van der Waals surface area contributed by atoms with Crippen molar-refractivity contribution in [1.29, 1.82) is 0 Å². The molecule has 0 radical (unpaired) electrons. The molecule has 0 aromatic carbocycles. The first-order valence-electron chi connectivity index (χ1n) is 5.84. The van der Waals surface area contributed by atoms with Gasteiger partial charge in [0.2, 0.25) is 0 Å². The summed E-state index contributed by atoms with van der Waals surface area (Å²) in [7, 11) is 0. The molecule has 3 nitrogen and oxygen atoms in total. The molecule has 0 unspecified atom stereocenters. The molecule has 4 heteroatoms. The zero-order valence-electron chi connectivity index (χ0n) is 9.61. The molecule has 2 heterocycles. The van der Waals surface area contributed by atoms with Crippen LogP contribution in [-0.2, 0) is 6.54 Å². The highest BCUT2D eigenvalue weighted by atomic mass is 32.2. The molecule has 1 saturated heterocycles. The fourth-order valence-corrected chi connectivity index (χ4v) is 3.05. The average Bonchev–Trinajstić information content (AvgIpc) is 2.33. The Morgan fingerprint density at radius 2 is 2.19 bits per heavy atom. The lowest BCUT2D eigenvalue weighted by Crippen LogP contribution is -2.26. The van der Waals surface area contributed by atoms with E-state index in [1.165, 1.54) is 24.3 Å². The van der Waals surface area contributed by atoms with Crippen molar-refractivity contribution >= 4 is 17.4 Å².